The average Bonchev–Trinajstić information content (AvgIpc) is 2.28. The summed E-state index contributed by atoms with van der Waals surface area (Å²) < 4.78 is 0. The second-order valence-corrected chi connectivity index (χ2v) is 4.27. The topological polar surface area (TPSA) is 55.2 Å². The molecule has 1 N–H and O–H groups in total. The average molecular weight is 236 g/mol. The summed E-state index contributed by atoms with van der Waals surface area (Å²) in [5.41, 5.74) is 1.53. The number of aryl methyl sites for hydroxylation is 1. The summed E-state index contributed by atoms with van der Waals surface area (Å²) in [6, 6.07) is 5.71. The molecule has 0 amide bonds. The van der Waals surface area contributed by atoms with E-state index in [-0.39, 0.29) is 10.6 Å². The van der Waals surface area contributed by atoms with Crippen molar-refractivity contribution in [3.8, 4) is 0 Å². The fourth-order valence-electron chi connectivity index (χ4n) is 1.96. The molecule has 0 fully saturated rings. The van der Waals surface area contributed by atoms with Gasteiger partial charge in [-0.3, -0.25) is 10.1 Å². The first kappa shape index (κ1) is 13.5. The highest BCUT2D eigenvalue weighted by Gasteiger charge is 2.18. The van der Waals surface area contributed by atoms with Crippen LogP contribution in [-0.2, 0) is 0 Å². The molecule has 0 saturated heterocycles. The van der Waals surface area contributed by atoms with Crippen LogP contribution >= 0.6 is 0 Å². The van der Waals surface area contributed by atoms with Gasteiger partial charge in [-0.05, 0) is 25.8 Å². The van der Waals surface area contributed by atoms with E-state index in [1.165, 1.54) is 0 Å². The van der Waals surface area contributed by atoms with Crippen molar-refractivity contribution in [3.63, 3.8) is 0 Å². The third kappa shape index (κ3) is 3.44. The van der Waals surface area contributed by atoms with E-state index in [9.17, 15) is 10.1 Å². The molecule has 17 heavy (non-hydrogen) atoms. The van der Waals surface area contributed by atoms with Gasteiger partial charge in [0.25, 0.3) is 5.69 Å². The summed E-state index contributed by atoms with van der Waals surface area (Å²) in [7, 11) is 0. The van der Waals surface area contributed by atoms with Crippen molar-refractivity contribution in [3.05, 3.63) is 33.9 Å². The van der Waals surface area contributed by atoms with Crippen LogP contribution in [0.1, 0.15) is 38.7 Å². The molecule has 1 rings (SSSR count). The number of para-hydroxylation sites is 1. The summed E-state index contributed by atoms with van der Waals surface area (Å²) in [4.78, 5) is 10.7. The Bertz CT molecular complexity index is 391. The maximum absolute atomic E-state index is 11.0. The summed E-state index contributed by atoms with van der Waals surface area (Å²) in [6.07, 6.45) is 3.08. The third-order valence-corrected chi connectivity index (χ3v) is 2.91. The fourth-order valence-corrected chi connectivity index (χ4v) is 1.96. The van der Waals surface area contributed by atoms with Crippen LogP contribution in [0.2, 0.25) is 0 Å². The van der Waals surface area contributed by atoms with Crippen molar-refractivity contribution in [1.29, 1.82) is 0 Å². The predicted molar refractivity (Wildman–Crippen MR) is 70.4 cm³/mol. The Morgan fingerprint density at radius 1 is 1.41 bits per heavy atom. The molecular formula is C13H20N2O2. The minimum absolute atomic E-state index is 0.196. The number of nitrogens with one attached hydrogen (secondary N) is 1. The summed E-state index contributed by atoms with van der Waals surface area (Å²) in [6.45, 7) is 5.98. The van der Waals surface area contributed by atoms with Crippen molar-refractivity contribution in [2.24, 2.45) is 0 Å². The molecular weight excluding hydrogens is 216 g/mol. The number of nitro benzene ring substituents is 1. The van der Waals surface area contributed by atoms with Crippen LogP contribution in [0.5, 0.6) is 0 Å². The number of hydrogen-bond acceptors (Lipinski definition) is 3. The highest BCUT2D eigenvalue weighted by molar-refractivity contribution is 5.65. The highest BCUT2D eigenvalue weighted by Crippen LogP contribution is 2.29. The van der Waals surface area contributed by atoms with Crippen molar-refractivity contribution < 1.29 is 4.92 Å². The van der Waals surface area contributed by atoms with Gasteiger partial charge in [-0.2, -0.15) is 0 Å². The molecule has 1 aromatic rings. The fraction of sp³-hybridized carbons (Fsp3) is 0.538. The van der Waals surface area contributed by atoms with Gasteiger partial charge in [0.05, 0.1) is 4.92 Å². The van der Waals surface area contributed by atoms with E-state index in [1.54, 1.807) is 19.1 Å². The normalized spacial score (nSPS) is 12.2. The van der Waals surface area contributed by atoms with Crippen molar-refractivity contribution in [1.82, 2.24) is 0 Å². The minimum Gasteiger partial charge on any atom is -0.377 e. The van der Waals surface area contributed by atoms with Crippen molar-refractivity contribution in [2.45, 2.75) is 46.1 Å². The van der Waals surface area contributed by atoms with Crippen LogP contribution < -0.4 is 5.32 Å². The zero-order chi connectivity index (χ0) is 12.8. The van der Waals surface area contributed by atoms with E-state index >= 15 is 0 Å². The molecule has 0 aliphatic heterocycles. The van der Waals surface area contributed by atoms with E-state index in [2.05, 4.69) is 19.2 Å². The number of benzene rings is 1. The molecule has 0 heterocycles. The summed E-state index contributed by atoms with van der Waals surface area (Å²) >= 11 is 0. The van der Waals surface area contributed by atoms with E-state index < -0.39 is 0 Å². The van der Waals surface area contributed by atoms with Gasteiger partial charge in [-0.1, -0.05) is 32.4 Å². The number of anilines is 1. The van der Waals surface area contributed by atoms with Gasteiger partial charge < -0.3 is 5.32 Å². The monoisotopic (exact) mass is 236 g/mol. The molecule has 4 heteroatoms. The Kier molecular flexibility index (Phi) is 4.94. The molecule has 94 valence electrons. The second-order valence-electron chi connectivity index (χ2n) is 4.27. The van der Waals surface area contributed by atoms with E-state index in [1.807, 2.05) is 6.07 Å². The molecule has 0 spiro atoms. The summed E-state index contributed by atoms with van der Waals surface area (Å²) in [5, 5.41) is 14.3. The lowest BCUT2D eigenvalue weighted by Crippen LogP contribution is -2.18. The van der Waals surface area contributed by atoms with Gasteiger partial charge in [-0.25, -0.2) is 0 Å². The van der Waals surface area contributed by atoms with E-state index in [0.717, 1.165) is 19.3 Å². The van der Waals surface area contributed by atoms with Crippen LogP contribution in [0.15, 0.2) is 18.2 Å². The summed E-state index contributed by atoms with van der Waals surface area (Å²) in [5.74, 6) is 0. The lowest BCUT2D eigenvalue weighted by atomic mass is 10.1. The first-order valence-electron chi connectivity index (χ1n) is 6.10. The predicted octanol–water partition coefficient (Wildman–Crippen LogP) is 3.89. The van der Waals surface area contributed by atoms with Crippen LogP contribution in [0, 0.1) is 17.0 Å². The first-order chi connectivity index (χ1) is 8.10. The Morgan fingerprint density at radius 3 is 2.65 bits per heavy atom. The number of nitrogens with zero attached hydrogens (tertiary/aromatic N) is 1. The van der Waals surface area contributed by atoms with Gasteiger partial charge in [0.2, 0.25) is 0 Å². The molecule has 4 nitrogen and oxygen atoms in total. The minimum atomic E-state index is -0.309. The number of hydrogen-bond donors (Lipinski definition) is 1. The van der Waals surface area contributed by atoms with E-state index in [4.69, 9.17) is 0 Å². The van der Waals surface area contributed by atoms with Gasteiger partial charge in [0, 0.05) is 11.6 Å². The molecule has 0 radical (unpaired) electrons. The standard InChI is InChI=1S/C13H20N2O2/c1-4-7-11(5-2)14-12-9-6-8-10(3)13(12)15(16)17/h6,8-9,11,14H,4-5,7H2,1-3H3. The zero-order valence-electron chi connectivity index (χ0n) is 10.7. The Morgan fingerprint density at radius 2 is 2.12 bits per heavy atom. The maximum Gasteiger partial charge on any atom is 0.295 e. The first-order valence-corrected chi connectivity index (χ1v) is 6.10. The van der Waals surface area contributed by atoms with Crippen LogP contribution in [-0.4, -0.2) is 11.0 Å². The molecule has 0 aromatic heterocycles. The van der Waals surface area contributed by atoms with Crippen LogP contribution in [0.25, 0.3) is 0 Å². The van der Waals surface area contributed by atoms with Crippen molar-refractivity contribution >= 4 is 11.4 Å². The molecule has 0 aliphatic rings. The molecule has 1 unspecified atom stereocenters. The Hall–Kier alpha value is -1.58. The maximum atomic E-state index is 11.0. The van der Waals surface area contributed by atoms with Gasteiger partial charge in [-0.15, -0.1) is 0 Å². The van der Waals surface area contributed by atoms with Gasteiger partial charge >= 0.3 is 0 Å². The van der Waals surface area contributed by atoms with E-state index in [0.29, 0.717) is 17.3 Å². The van der Waals surface area contributed by atoms with Gasteiger partial charge in [0.15, 0.2) is 0 Å². The molecule has 0 bridgehead atoms. The smallest absolute Gasteiger partial charge is 0.295 e. The second kappa shape index (κ2) is 6.23. The molecule has 1 atom stereocenters. The Balaban J connectivity index is 2.97. The van der Waals surface area contributed by atoms with Crippen LogP contribution in [0.3, 0.4) is 0 Å². The SMILES string of the molecule is CCCC(CC)Nc1cccc(C)c1[N+](=O)[O-]. The van der Waals surface area contributed by atoms with Gasteiger partial charge in [0.1, 0.15) is 5.69 Å². The Labute approximate surface area is 102 Å². The zero-order valence-corrected chi connectivity index (χ0v) is 10.7. The highest BCUT2D eigenvalue weighted by atomic mass is 16.6. The quantitative estimate of drug-likeness (QED) is 0.602. The lowest BCUT2D eigenvalue weighted by Gasteiger charge is -2.17. The number of nitro groups is 1. The molecule has 1 aromatic carbocycles. The van der Waals surface area contributed by atoms with Crippen LogP contribution in [0.4, 0.5) is 11.4 Å². The molecule has 0 saturated carbocycles. The lowest BCUT2D eigenvalue weighted by molar-refractivity contribution is -0.384. The third-order valence-electron chi connectivity index (χ3n) is 2.91. The molecule has 0 aliphatic carbocycles. The van der Waals surface area contributed by atoms with Crippen molar-refractivity contribution in [2.75, 3.05) is 5.32 Å². The largest absolute Gasteiger partial charge is 0.377 e. The number of rotatable bonds is 6.